The van der Waals surface area contributed by atoms with E-state index in [0.29, 0.717) is 25.2 Å². The lowest BCUT2D eigenvalue weighted by molar-refractivity contribution is -0.131. The molecule has 1 unspecified atom stereocenters. The second-order valence-electron chi connectivity index (χ2n) is 6.29. The van der Waals surface area contributed by atoms with Gasteiger partial charge in [0.2, 0.25) is 0 Å². The minimum atomic E-state index is -0.804. The van der Waals surface area contributed by atoms with Crippen LogP contribution in [0.1, 0.15) is 18.9 Å². The Balaban J connectivity index is 1.91. The smallest absolute Gasteiger partial charge is 0.253 e. The van der Waals surface area contributed by atoms with Crippen molar-refractivity contribution in [1.29, 1.82) is 0 Å². The first-order chi connectivity index (χ1) is 12.0. The van der Waals surface area contributed by atoms with Gasteiger partial charge in [0.25, 0.3) is 5.91 Å². The predicted molar refractivity (Wildman–Crippen MR) is 92.2 cm³/mol. The molecule has 3 rings (SSSR count). The molecule has 0 aromatic carbocycles. The first-order valence-corrected chi connectivity index (χ1v) is 8.13. The number of carbonyl (C=O) groups excluding carboxylic acids is 2. The van der Waals surface area contributed by atoms with E-state index in [-0.39, 0.29) is 11.7 Å². The highest BCUT2D eigenvalue weighted by Crippen LogP contribution is 2.29. The Bertz CT molecular complexity index is 785. The van der Waals surface area contributed by atoms with Crippen LogP contribution in [0.3, 0.4) is 0 Å². The zero-order chi connectivity index (χ0) is 17.9. The van der Waals surface area contributed by atoms with Crippen molar-refractivity contribution in [3.05, 3.63) is 60.7 Å². The molecule has 0 spiro atoms. The quantitative estimate of drug-likeness (QED) is 0.799. The Morgan fingerprint density at radius 3 is 2.68 bits per heavy atom. The number of ketones is 1. The van der Waals surface area contributed by atoms with E-state index in [9.17, 15) is 9.59 Å². The number of nitrogens with zero attached hydrogens (tertiary/aromatic N) is 4. The van der Waals surface area contributed by atoms with Crippen LogP contribution in [0, 0.1) is 0 Å². The predicted octanol–water partition coefficient (Wildman–Crippen LogP) is 1.14. The average molecular weight is 339 g/mol. The van der Waals surface area contributed by atoms with Gasteiger partial charge in [-0.05, 0) is 31.0 Å². The number of carbonyl (C=O) groups is 2. The summed E-state index contributed by atoms with van der Waals surface area (Å²) in [5, 5.41) is 3.31. The summed E-state index contributed by atoms with van der Waals surface area (Å²) in [5.74, 6) is 0.394. The minimum Gasteiger partial charge on any atom is -0.357 e. The molecule has 1 saturated heterocycles. The number of rotatable bonds is 6. The van der Waals surface area contributed by atoms with Gasteiger partial charge in [0.15, 0.2) is 5.78 Å². The molecule has 0 radical (unpaired) electrons. The normalized spacial score (nSPS) is 21.6. The van der Waals surface area contributed by atoms with Gasteiger partial charge in [-0.2, -0.15) is 0 Å². The number of pyridine rings is 1. The molecule has 25 heavy (non-hydrogen) atoms. The maximum Gasteiger partial charge on any atom is 0.253 e. The van der Waals surface area contributed by atoms with Crippen LogP contribution >= 0.6 is 0 Å². The summed E-state index contributed by atoms with van der Waals surface area (Å²) in [6.45, 7) is 2.12. The van der Waals surface area contributed by atoms with Crippen molar-refractivity contribution in [1.82, 2.24) is 24.8 Å². The number of imidazole rings is 1. The zero-order valence-electron chi connectivity index (χ0n) is 14.3. The molecule has 7 heteroatoms. The van der Waals surface area contributed by atoms with E-state index in [2.05, 4.69) is 15.3 Å². The molecule has 2 aromatic rings. The first-order valence-electron chi connectivity index (χ1n) is 8.13. The van der Waals surface area contributed by atoms with Crippen LogP contribution in [0.2, 0.25) is 0 Å². The van der Waals surface area contributed by atoms with Crippen molar-refractivity contribution in [2.75, 3.05) is 7.05 Å². The summed E-state index contributed by atoms with van der Waals surface area (Å²) >= 11 is 0. The van der Waals surface area contributed by atoms with Gasteiger partial charge in [-0.1, -0.05) is 0 Å². The molecule has 1 amide bonds. The van der Waals surface area contributed by atoms with Crippen LogP contribution in [0.4, 0.5) is 0 Å². The fourth-order valence-corrected chi connectivity index (χ4v) is 3.10. The number of nitrogens with one attached hydrogen (secondary N) is 1. The van der Waals surface area contributed by atoms with Crippen molar-refractivity contribution in [3.8, 4) is 0 Å². The van der Waals surface area contributed by atoms with Gasteiger partial charge in [0, 0.05) is 50.9 Å². The lowest BCUT2D eigenvalue weighted by Crippen LogP contribution is -2.49. The summed E-state index contributed by atoms with van der Waals surface area (Å²) < 4.78 is 1.94. The maximum absolute atomic E-state index is 13.1. The SMILES string of the molecule is CC(=O)/C=C1\NC(CCn2ccnc2)(Cc2ccncc2)C(=O)N1C. The van der Waals surface area contributed by atoms with E-state index in [1.54, 1.807) is 32.0 Å². The third-order valence-corrected chi connectivity index (χ3v) is 4.39. The van der Waals surface area contributed by atoms with Gasteiger partial charge < -0.3 is 9.88 Å². The summed E-state index contributed by atoms with van der Waals surface area (Å²) in [7, 11) is 1.69. The number of allylic oxidation sites excluding steroid dienone is 1. The third-order valence-electron chi connectivity index (χ3n) is 4.39. The van der Waals surface area contributed by atoms with E-state index in [4.69, 9.17) is 0 Å². The highest BCUT2D eigenvalue weighted by molar-refractivity contribution is 5.94. The van der Waals surface area contributed by atoms with Crippen LogP contribution in [0.5, 0.6) is 0 Å². The zero-order valence-corrected chi connectivity index (χ0v) is 14.3. The molecule has 1 aliphatic rings. The Labute approximate surface area is 146 Å². The third kappa shape index (κ3) is 3.60. The van der Waals surface area contributed by atoms with Crippen molar-refractivity contribution in [2.45, 2.75) is 31.8 Å². The second kappa shape index (κ2) is 6.88. The highest BCUT2D eigenvalue weighted by atomic mass is 16.2. The van der Waals surface area contributed by atoms with Gasteiger partial charge in [-0.15, -0.1) is 0 Å². The van der Waals surface area contributed by atoms with Crippen LogP contribution in [-0.4, -0.2) is 43.7 Å². The highest BCUT2D eigenvalue weighted by Gasteiger charge is 2.47. The van der Waals surface area contributed by atoms with Gasteiger partial charge >= 0.3 is 0 Å². The Hall–Kier alpha value is -2.96. The van der Waals surface area contributed by atoms with Crippen molar-refractivity contribution >= 4 is 11.7 Å². The summed E-state index contributed by atoms with van der Waals surface area (Å²) in [4.78, 5) is 34.1. The largest absolute Gasteiger partial charge is 0.357 e. The summed E-state index contributed by atoms with van der Waals surface area (Å²) in [6.07, 6.45) is 11.3. The number of hydrogen-bond acceptors (Lipinski definition) is 5. The Morgan fingerprint density at radius 2 is 2.04 bits per heavy atom. The molecular formula is C18H21N5O2. The van der Waals surface area contributed by atoms with Gasteiger partial charge in [-0.25, -0.2) is 4.98 Å². The van der Waals surface area contributed by atoms with E-state index in [1.807, 2.05) is 22.9 Å². The molecule has 130 valence electrons. The number of aryl methyl sites for hydroxylation is 1. The monoisotopic (exact) mass is 339 g/mol. The Morgan fingerprint density at radius 1 is 1.28 bits per heavy atom. The fourth-order valence-electron chi connectivity index (χ4n) is 3.10. The molecule has 1 atom stereocenters. The molecule has 7 nitrogen and oxygen atoms in total. The minimum absolute atomic E-state index is 0.0445. The number of likely N-dealkylation sites (N-methyl/N-ethyl adjacent to an activating group) is 1. The van der Waals surface area contributed by atoms with Crippen molar-refractivity contribution in [2.24, 2.45) is 0 Å². The fraction of sp³-hybridized carbons (Fsp3) is 0.333. The van der Waals surface area contributed by atoms with Crippen LogP contribution < -0.4 is 5.32 Å². The number of hydrogen-bond donors (Lipinski definition) is 1. The Kier molecular flexibility index (Phi) is 4.65. The van der Waals surface area contributed by atoms with Gasteiger partial charge in [0.05, 0.1) is 6.33 Å². The number of aromatic nitrogens is 3. The van der Waals surface area contributed by atoms with Gasteiger partial charge in [0.1, 0.15) is 11.4 Å². The summed E-state index contributed by atoms with van der Waals surface area (Å²) in [6, 6.07) is 3.81. The lowest BCUT2D eigenvalue weighted by atomic mass is 9.87. The molecule has 3 heterocycles. The first kappa shape index (κ1) is 16.9. The van der Waals surface area contributed by atoms with Crippen LogP contribution in [0.25, 0.3) is 0 Å². The van der Waals surface area contributed by atoms with Crippen molar-refractivity contribution < 1.29 is 9.59 Å². The van der Waals surface area contributed by atoms with Gasteiger partial charge in [-0.3, -0.25) is 19.5 Å². The average Bonchev–Trinajstić information content (AvgIpc) is 3.18. The lowest BCUT2D eigenvalue weighted by Gasteiger charge is -2.27. The van der Waals surface area contributed by atoms with E-state index in [0.717, 1.165) is 5.56 Å². The van der Waals surface area contributed by atoms with E-state index < -0.39 is 5.54 Å². The molecule has 0 aliphatic carbocycles. The molecule has 1 N–H and O–H groups in total. The van der Waals surface area contributed by atoms with E-state index in [1.165, 1.54) is 17.9 Å². The summed E-state index contributed by atoms with van der Waals surface area (Å²) in [5.41, 5.74) is 0.209. The van der Waals surface area contributed by atoms with E-state index >= 15 is 0 Å². The van der Waals surface area contributed by atoms with Crippen molar-refractivity contribution in [3.63, 3.8) is 0 Å². The molecular weight excluding hydrogens is 318 g/mol. The van der Waals surface area contributed by atoms with Crippen LogP contribution in [-0.2, 0) is 22.6 Å². The maximum atomic E-state index is 13.1. The topological polar surface area (TPSA) is 80.1 Å². The second-order valence-corrected chi connectivity index (χ2v) is 6.29. The molecule has 1 fully saturated rings. The molecule has 0 saturated carbocycles. The molecule has 0 bridgehead atoms. The van der Waals surface area contributed by atoms with Crippen LogP contribution in [0.15, 0.2) is 55.1 Å². The standard InChI is InChI=1S/C18H21N5O2/c1-14(24)11-16-21-18(17(25)22(16)2,5-9-23-10-8-20-13-23)12-15-3-6-19-7-4-15/h3-4,6-8,10-11,13,21H,5,9,12H2,1-2H3/b16-11+. The molecule has 2 aromatic heterocycles. The molecule has 1 aliphatic heterocycles. The number of amides is 1.